The van der Waals surface area contributed by atoms with Gasteiger partial charge >= 0.3 is 0 Å². The van der Waals surface area contributed by atoms with Gasteiger partial charge in [0.05, 0.1) is 29.1 Å². The number of hydrogen-bond donors (Lipinski definition) is 1. The van der Waals surface area contributed by atoms with Crippen LogP contribution in [0.2, 0.25) is 0 Å². The van der Waals surface area contributed by atoms with Gasteiger partial charge in [-0.2, -0.15) is 0 Å². The molecule has 5 nitrogen and oxygen atoms in total. The third kappa shape index (κ3) is 2.84. The van der Waals surface area contributed by atoms with Gasteiger partial charge < -0.3 is 10.6 Å². The number of pyridine rings is 1. The molecule has 0 unspecified atom stereocenters. The third-order valence-corrected chi connectivity index (χ3v) is 3.24. The zero-order valence-electron chi connectivity index (χ0n) is 10.3. The molecule has 0 aliphatic heterocycles. The zero-order valence-corrected chi connectivity index (χ0v) is 11.1. The van der Waals surface area contributed by atoms with E-state index in [0.717, 1.165) is 10.7 Å². The normalized spacial score (nSPS) is 10.3. The number of hydrogen-bond acceptors (Lipinski definition) is 5. The van der Waals surface area contributed by atoms with Crippen LogP contribution in [0.25, 0.3) is 0 Å². The average molecular weight is 262 g/mol. The van der Waals surface area contributed by atoms with Crippen LogP contribution in [0.4, 0.5) is 5.69 Å². The Kier molecular flexibility index (Phi) is 3.57. The lowest BCUT2D eigenvalue weighted by Crippen LogP contribution is -2.27. The van der Waals surface area contributed by atoms with Crippen molar-refractivity contribution in [3.63, 3.8) is 0 Å². The van der Waals surface area contributed by atoms with Crippen LogP contribution in [0.5, 0.6) is 0 Å². The number of nitrogens with two attached hydrogens (primary N) is 1. The van der Waals surface area contributed by atoms with Crippen LogP contribution in [0.1, 0.15) is 21.2 Å². The number of carbonyl (C=O) groups excluding carboxylic acids is 1. The molecule has 6 heteroatoms. The van der Waals surface area contributed by atoms with E-state index < -0.39 is 0 Å². The molecular formula is C12H14N4OS. The molecule has 0 radical (unpaired) electrons. The summed E-state index contributed by atoms with van der Waals surface area (Å²) in [7, 11) is 1.73. The standard InChI is InChI=1S/C12H14N4OS/c1-8-15-10(7-18-8)6-16(2)12(17)11-4-3-9(13)5-14-11/h3-5,7H,6,13H2,1-2H3. The fourth-order valence-electron chi connectivity index (χ4n) is 1.52. The van der Waals surface area contributed by atoms with Gasteiger partial charge in [-0.05, 0) is 19.1 Å². The summed E-state index contributed by atoms with van der Waals surface area (Å²) < 4.78 is 0. The van der Waals surface area contributed by atoms with Crippen molar-refractivity contribution in [3.05, 3.63) is 40.1 Å². The minimum absolute atomic E-state index is 0.138. The Morgan fingerprint density at radius 2 is 2.28 bits per heavy atom. The second kappa shape index (κ2) is 5.14. The molecule has 0 aliphatic rings. The first-order valence-corrected chi connectivity index (χ1v) is 6.32. The van der Waals surface area contributed by atoms with Crippen LogP contribution in [0.3, 0.4) is 0 Å². The summed E-state index contributed by atoms with van der Waals surface area (Å²) in [6, 6.07) is 3.29. The number of nitrogens with zero attached hydrogens (tertiary/aromatic N) is 3. The molecule has 0 fully saturated rings. The largest absolute Gasteiger partial charge is 0.397 e. The highest BCUT2D eigenvalue weighted by Crippen LogP contribution is 2.11. The van der Waals surface area contributed by atoms with Crippen LogP contribution >= 0.6 is 11.3 Å². The number of thiazole rings is 1. The molecule has 0 spiro atoms. The first kappa shape index (κ1) is 12.5. The second-order valence-electron chi connectivity index (χ2n) is 4.00. The van der Waals surface area contributed by atoms with Crippen molar-refractivity contribution in [3.8, 4) is 0 Å². The van der Waals surface area contributed by atoms with Crippen LogP contribution in [0, 0.1) is 6.92 Å². The highest BCUT2D eigenvalue weighted by molar-refractivity contribution is 7.09. The van der Waals surface area contributed by atoms with Crippen LogP contribution in [-0.2, 0) is 6.54 Å². The lowest BCUT2D eigenvalue weighted by atomic mass is 10.3. The van der Waals surface area contributed by atoms with E-state index in [0.29, 0.717) is 17.9 Å². The number of amides is 1. The van der Waals surface area contributed by atoms with Gasteiger partial charge in [0.1, 0.15) is 5.69 Å². The molecule has 18 heavy (non-hydrogen) atoms. The molecule has 2 aromatic rings. The Morgan fingerprint density at radius 1 is 1.50 bits per heavy atom. The van der Waals surface area contributed by atoms with Gasteiger partial charge in [0.2, 0.25) is 0 Å². The van der Waals surface area contributed by atoms with Gasteiger partial charge in [0, 0.05) is 12.4 Å². The van der Waals surface area contributed by atoms with Gasteiger partial charge in [-0.25, -0.2) is 9.97 Å². The lowest BCUT2D eigenvalue weighted by Gasteiger charge is -2.15. The molecule has 2 aromatic heterocycles. The Balaban J connectivity index is 2.07. The predicted molar refractivity (Wildman–Crippen MR) is 71.3 cm³/mol. The van der Waals surface area contributed by atoms with Crippen molar-refractivity contribution in [1.82, 2.24) is 14.9 Å². The van der Waals surface area contributed by atoms with E-state index in [4.69, 9.17) is 5.73 Å². The first-order chi connectivity index (χ1) is 8.56. The quantitative estimate of drug-likeness (QED) is 0.913. The summed E-state index contributed by atoms with van der Waals surface area (Å²) in [4.78, 5) is 22.0. The molecule has 0 bridgehead atoms. The van der Waals surface area contributed by atoms with E-state index in [1.165, 1.54) is 6.20 Å². The minimum Gasteiger partial charge on any atom is -0.397 e. The average Bonchev–Trinajstić information content (AvgIpc) is 2.75. The highest BCUT2D eigenvalue weighted by atomic mass is 32.1. The first-order valence-electron chi connectivity index (χ1n) is 5.44. The van der Waals surface area contributed by atoms with Crippen molar-refractivity contribution < 1.29 is 4.79 Å². The van der Waals surface area contributed by atoms with E-state index in [1.807, 2.05) is 12.3 Å². The fraction of sp³-hybridized carbons (Fsp3) is 0.250. The minimum atomic E-state index is -0.138. The zero-order chi connectivity index (χ0) is 13.1. The molecule has 0 aromatic carbocycles. The summed E-state index contributed by atoms with van der Waals surface area (Å²) in [5.41, 5.74) is 7.36. The summed E-state index contributed by atoms with van der Waals surface area (Å²) in [5, 5.41) is 2.95. The van der Waals surface area contributed by atoms with E-state index in [9.17, 15) is 4.79 Å². The molecule has 2 heterocycles. The maximum atomic E-state index is 12.1. The summed E-state index contributed by atoms with van der Waals surface area (Å²) in [5.74, 6) is -0.138. The Bertz CT molecular complexity index is 549. The van der Waals surface area contributed by atoms with Crippen molar-refractivity contribution in [2.45, 2.75) is 13.5 Å². The van der Waals surface area contributed by atoms with Crippen molar-refractivity contribution in [1.29, 1.82) is 0 Å². The second-order valence-corrected chi connectivity index (χ2v) is 5.06. The highest BCUT2D eigenvalue weighted by Gasteiger charge is 2.14. The molecule has 0 saturated heterocycles. The Hall–Kier alpha value is -1.95. The Labute approximate surface area is 109 Å². The molecule has 1 amide bonds. The number of anilines is 1. The molecule has 94 valence electrons. The number of aromatic nitrogens is 2. The molecule has 2 rings (SSSR count). The Morgan fingerprint density at radius 3 is 2.83 bits per heavy atom. The van der Waals surface area contributed by atoms with E-state index in [-0.39, 0.29) is 5.91 Å². The van der Waals surface area contributed by atoms with Crippen molar-refractivity contribution in [2.24, 2.45) is 0 Å². The van der Waals surface area contributed by atoms with E-state index in [1.54, 1.807) is 35.4 Å². The number of nitrogen functional groups attached to an aromatic ring is 1. The fourth-order valence-corrected chi connectivity index (χ4v) is 2.13. The molecule has 2 N–H and O–H groups in total. The predicted octanol–water partition coefficient (Wildman–Crippen LogP) is 1.70. The molecule has 0 saturated carbocycles. The summed E-state index contributed by atoms with van der Waals surface area (Å²) >= 11 is 1.57. The third-order valence-electron chi connectivity index (χ3n) is 2.42. The summed E-state index contributed by atoms with van der Waals surface area (Å²) in [6.07, 6.45) is 1.48. The smallest absolute Gasteiger partial charge is 0.272 e. The van der Waals surface area contributed by atoms with Gasteiger partial charge in [0.25, 0.3) is 5.91 Å². The lowest BCUT2D eigenvalue weighted by molar-refractivity contribution is 0.0778. The molecular weight excluding hydrogens is 248 g/mol. The van der Waals surface area contributed by atoms with Crippen molar-refractivity contribution >= 4 is 22.9 Å². The number of rotatable bonds is 3. The van der Waals surface area contributed by atoms with Gasteiger partial charge in [-0.3, -0.25) is 4.79 Å². The van der Waals surface area contributed by atoms with Gasteiger partial charge in [-0.15, -0.1) is 11.3 Å². The van der Waals surface area contributed by atoms with Crippen molar-refractivity contribution in [2.75, 3.05) is 12.8 Å². The van der Waals surface area contributed by atoms with Crippen LogP contribution in [0.15, 0.2) is 23.7 Å². The van der Waals surface area contributed by atoms with Gasteiger partial charge in [-0.1, -0.05) is 0 Å². The summed E-state index contributed by atoms with van der Waals surface area (Å²) in [6.45, 7) is 2.42. The maximum absolute atomic E-state index is 12.1. The number of aryl methyl sites for hydroxylation is 1. The van der Waals surface area contributed by atoms with Crippen LogP contribution in [-0.4, -0.2) is 27.8 Å². The topological polar surface area (TPSA) is 72.1 Å². The molecule has 0 atom stereocenters. The SMILES string of the molecule is Cc1nc(CN(C)C(=O)c2ccc(N)cn2)cs1. The molecule has 0 aliphatic carbocycles. The van der Waals surface area contributed by atoms with E-state index >= 15 is 0 Å². The van der Waals surface area contributed by atoms with Gasteiger partial charge in [0.15, 0.2) is 0 Å². The van der Waals surface area contributed by atoms with Crippen LogP contribution < -0.4 is 5.73 Å². The number of carbonyl (C=O) groups is 1. The van der Waals surface area contributed by atoms with E-state index in [2.05, 4.69) is 9.97 Å². The maximum Gasteiger partial charge on any atom is 0.272 e. The monoisotopic (exact) mass is 262 g/mol.